The van der Waals surface area contributed by atoms with Gasteiger partial charge in [0.05, 0.1) is 45.0 Å². The van der Waals surface area contributed by atoms with E-state index in [0.29, 0.717) is 42.8 Å². The molecule has 42 heavy (non-hydrogen) atoms. The zero-order valence-corrected chi connectivity index (χ0v) is 25.9. The van der Waals surface area contributed by atoms with Crippen molar-refractivity contribution in [2.75, 3.05) is 33.9 Å². The Morgan fingerprint density at radius 3 is 2.55 bits per heavy atom. The molecule has 0 spiro atoms. The second-order valence-corrected chi connectivity index (χ2v) is 14.1. The lowest BCUT2D eigenvalue weighted by Crippen LogP contribution is -2.57. The number of nitrogens with zero attached hydrogens (tertiary/aromatic N) is 1. The largest absolute Gasteiger partial charge is 0.493 e. The molecule has 1 heterocycles. The van der Waals surface area contributed by atoms with E-state index in [1.165, 1.54) is 11.1 Å². The van der Waals surface area contributed by atoms with E-state index in [2.05, 4.69) is 26.0 Å². The molecule has 0 aromatic heterocycles. The molecular formula is C35H49NO6. The van der Waals surface area contributed by atoms with Crippen LogP contribution in [-0.2, 0) is 16.0 Å². The van der Waals surface area contributed by atoms with Crippen LogP contribution in [0.1, 0.15) is 77.2 Å². The van der Waals surface area contributed by atoms with E-state index in [4.69, 9.17) is 14.2 Å². The van der Waals surface area contributed by atoms with Gasteiger partial charge in [-0.25, -0.2) is 0 Å². The van der Waals surface area contributed by atoms with Gasteiger partial charge in [0.1, 0.15) is 0 Å². The highest BCUT2D eigenvalue weighted by molar-refractivity contribution is 5.79. The average Bonchev–Trinajstić information content (AvgIpc) is 3.58. The Morgan fingerprint density at radius 2 is 1.81 bits per heavy atom. The van der Waals surface area contributed by atoms with Gasteiger partial charge in [0, 0.05) is 18.6 Å². The van der Waals surface area contributed by atoms with Crippen molar-refractivity contribution >= 4 is 5.91 Å². The maximum Gasteiger partial charge on any atom is 0.227 e. The van der Waals surface area contributed by atoms with Crippen LogP contribution in [-0.4, -0.2) is 72.7 Å². The number of allylic oxidation sites excluding steroid dienone is 3. The Morgan fingerprint density at radius 1 is 1.02 bits per heavy atom. The highest BCUT2D eigenvalue weighted by Crippen LogP contribution is 2.66. The van der Waals surface area contributed by atoms with Crippen molar-refractivity contribution in [1.82, 2.24) is 4.90 Å². The van der Waals surface area contributed by atoms with E-state index >= 15 is 0 Å². The number of aliphatic hydroxyl groups is 2. The summed E-state index contributed by atoms with van der Waals surface area (Å²) in [5.41, 5.74) is 2.58. The fourth-order valence-electron chi connectivity index (χ4n) is 9.24. The number of rotatable bonds is 8. The molecule has 3 saturated carbocycles. The Kier molecular flexibility index (Phi) is 7.99. The number of hydrogen-bond acceptors (Lipinski definition) is 6. The topological polar surface area (TPSA) is 88.5 Å². The predicted molar refractivity (Wildman–Crippen MR) is 161 cm³/mol. The number of carbonyl (C=O) groups is 1. The quantitative estimate of drug-likeness (QED) is 0.439. The van der Waals surface area contributed by atoms with Crippen LogP contribution in [0.15, 0.2) is 41.5 Å². The molecule has 5 aliphatic rings. The summed E-state index contributed by atoms with van der Waals surface area (Å²) in [6, 6.07) is 5.62. The Bertz CT molecular complexity index is 1250. The molecule has 7 nitrogen and oxygen atoms in total. The van der Waals surface area contributed by atoms with Crippen LogP contribution in [0.3, 0.4) is 0 Å². The van der Waals surface area contributed by atoms with Gasteiger partial charge in [-0.3, -0.25) is 4.79 Å². The van der Waals surface area contributed by atoms with Crippen LogP contribution in [0.2, 0.25) is 0 Å². The van der Waals surface area contributed by atoms with Gasteiger partial charge in [-0.05, 0) is 92.7 Å². The van der Waals surface area contributed by atoms with Gasteiger partial charge in [0.25, 0.3) is 0 Å². The number of amides is 1. The van der Waals surface area contributed by atoms with Crippen molar-refractivity contribution < 1.29 is 29.2 Å². The number of benzene rings is 1. The minimum Gasteiger partial charge on any atom is -0.493 e. The van der Waals surface area contributed by atoms with Crippen molar-refractivity contribution in [1.29, 1.82) is 0 Å². The van der Waals surface area contributed by atoms with E-state index in [0.717, 1.165) is 63.5 Å². The van der Waals surface area contributed by atoms with Gasteiger partial charge in [-0.15, -0.1) is 0 Å². The summed E-state index contributed by atoms with van der Waals surface area (Å²) in [5, 5.41) is 22.9. The number of hydrogen-bond donors (Lipinski definition) is 2. The van der Waals surface area contributed by atoms with Crippen LogP contribution in [0.4, 0.5) is 0 Å². The van der Waals surface area contributed by atoms with Gasteiger partial charge in [-0.2, -0.15) is 0 Å². The summed E-state index contributed by atoms with van der Waals surface area (Å²) >= 11 is 0. The normalized spacial score (nSPS) is 37.2. The van der Waals surface area contributed by atoms with Gasteiger partial charge in [-0.1, -0.05) is 43.2 Å². The Hall–Kier alpha value is -2.35. The summed E-state index contributed by atoms with van der Waals surface area (Å²) in [7, 11) is 3.21. The molecule has 7 unspecified atom stereocenters. The summed E-state index contributed by atoms with van der Waals surface area (Å²) in [6.45, 7) is 6.24. The molecule has 1 amide bonds. The standard InChI is InChI=1S/C35H49NO6/c1-33-14-11-25(37)20-24(33)8-9-27-28(33)12-15-34(2)29(27)13-16-35(34,39)22-36(21-26-6-5-17-42-26)32(38)19-23-7-10-30(40-3)31(18-23)41-4/h7-10,18,25-26,28-29,37,39H,5-6,11-17,19-22H2,1-4H3. The third-order valence-electron chi connectivity index (χ3n) is 11.9. The molecule has 4 aliphatic carbocycles. The molecule has 0 radical (unpaired) electrons. The van der Waals surface area contributed by atoms with Crippen molar-refractivity contribution in [3.8, 4) is 11.5 Å². The molecule has 0 bridgehead atoms. The van der Waals surface area contributed by atoms with Crippen LogP contribution >= 0.6 is 0 Å². The molecule has 1 aliphatic heterocycles. The minimum atomic E-state index is -0.969. The second kappa shape index (κ2) is 11.3. The smallest absolute Gasteiger partial charge is 0.227 e. The molecule has 4 fully saturated rings. The number of fused-ring (bicyclic) bond motifs is 5. The van der Waals surface area contributed by atoms with Crippen molar-refractivity contribution in [3.63, 3.8) is 0 Å². The number of carbonyl (C=O) groups excluding carboxylic acids is 1. The second-order valence-electron chi connectivity index (χ2n) is 14.1. The van der Waals surface area contributed by atoms with Crippen molar-refractivity contribution in [2.45, 2.75) is 95.9 Å². The summed E-state index contributed by atoms with van der Waals surface area (Å²) in [6.07, 6.45) is 12.9. The molecule has 7 heteroatoms. The van der Waals surface area contributed by atoms with E-state index in [1.54, 1.807) is 14.2 Å². The lowest BCUT2D eigenvalue weighted by molar-refractivity contribution is -0.144. The summed E-state index contributed by atoms with van der Waals surface area (Å²) in [5.74, 6) is 2.02. The fraction of sp³-hybridized carbons (Fsp3) is 0.686. The first-order valence-electron chi connectivity index (χ1n) is 16.0. The molecule has 1 saturated heterocycles. The molecule has 230 valence electrons. The SMILES string of the molecule is COc1ccc(CC(=O)N(CC2CCCO2)CC2(O)CCC3C4=CC=C5CC(O)CCC5(C)C4CCC32C)cc1OC. The van der Waals surface area contributed by atoms with Gasteiger partial charge < -0.3 is 29.3 Å². The first-order chi connectivity index (χ1) is 20.1. The van der Waals surface area contributed by atoms with E-state index in [1.807, 2.05) is 23.1 Å². The molecular weight excluding hydrogens is 530 g/mol. The van der Waals surface area contributed by atoms with Gasteiger partial charge in [0.15, 0.2) is 11.5 Å². The average molecular weight is 580 g/mol. The van der Waals surface area contributed by atoms with Gasteiger partial charge >= 0.3 is 0 Å². The maximum atomic E-state index is 14.0. The minimum absolute atomic E-state index is 0.00427. The molecule has 2 N–H and O–H groups in total. The number of aliphatic hydroxyl groups excluding tert-OH is 1. The Balaban J connectivity index is 1.24. The first-order valence-corrected chi connectivity index (χ1v) is 16.0. The maximum absolute atomic E-state index is 14.0. The zero-order valence-electron chi connectivity index (χ0n) is 25.9. The third-order valence-corrected chi connectivity index (χ3v) is 11.9. The monoisotopic (exact) mass is 579 g/mol. The van der Waals surface area contributed by atoms with E-state index < -0.39 is 5.60 Å². The molecule has 1 aromatic carbocycles. The van der Waals surface area contributed by atoms with Crippen molar-refractivity contribution in [2.24, 2.45) is 22.7 Å². The third kappa shape index (κ3) is 4.99. The molecule has 6 rings (SSSR count). The van der Waals surface area contributed by atoms with Crippen molar-refractivity contribution in [3.05, 3.63) is 47.1 Å². The first kappa shape index (κ1) is 29.7. The highest BCUT2D eigenvalue weighted by atomic mass is 16.5. The fourth-order valence-corrected chi connectivity index (χ4v) is 9.24. The van der Waals surface area contributed by atoms with Crippen LogP contribution < -0.4 is 9.47 Å². The van der Waals surface area contributed by atoms with E-state index in [9.17, 15) is 15.0 Å². The Labute approximate surface area is 250 Å². The predicted octanol–water partition coefficient (Wildman–Crippen LogP) is 5.23. The summed E-state index contributed by atoms with van der Waals surface area (Å²) in [4.78, 5) is 15.8. The lowest BCUT2D eigenvalue weighted by atomic mass is 9.50. The lowest BCUT2D eigenvalue weighted by Gasteiger charge is -2.56. The van der Waals surface area contributed by atoms with Crippen LogP contribution in [0.25, 0.3) is 0 Å². The number of methoxy groups -OCH3 is 2. The van der Waals surface area contributed by atoms with Crippen LogP contribution in [0, 0.1) is 22.7 Å². The molecule has 1 aromatic rings. The summed E-state index contributed by atoms with van der Waals surface area (Å²) < 4.78 is 16.8. The van der Waals surface area contributed by atoms with Crippen LogP contribution in [0.5, 0.6) is 11.5 Å². The van der Waals surface area contributed by atoms with Gasteiger partial charge in [0.2, 0.25) is 5.91 Å². The molecule has 7 atom stereocenters. The number of ether oxygens (including phenoxy) is 3. The zero-order chi connectivity index (χ0) is 29.7. The van der Waals surface area contributed by atoms with E-state index in [-0.39, 0.29) is 35.4 Å². The highest BCUT2D eigenvalue weighted by Gasteiger charge is 2.62.